The van der Waals surface area contributed by atoms with E-state index >= 15 is 0 Å². The van der Waals surface area contributed by atoms with E-state index in [2.05, 4.69) is 0 Å². The van der Waals surface area contributed by atoms with Gasteiger partial charge in [-0.3, -0.25) is 0 Å². The van der Waals surface area contributed by atoms with Gasteiger partial charge in [0.25, 0.3) is 0 Å². The molecule has 0 aliphatic heterocycles. The van der Waals surface area contributed by atoms with Gasteiger partial charge in [0.15, 0.2) is 5.06 Å². The van der Waals surface area contributed by atoms with Crippen molar-refractivity contribution < 1.29 is 10.2 Å². The van der Waals surface area contributed by atoms with E-state index in [1.165, 1.54) is 11.3 Å². The zero-order chi connectivity index (χ0) is 10.1. The highest BCUT2D eigenvalue weighted by atomic mass is 32.2. The van der Waals surface area contributed by atoms with E-state index in [1.54, 1.807) is 17.8 Å². The molecule has 74 valence electrons. The third-order valence-corrected chi connectivity index (χ3v) is 3.80. The van der Waals surface area contributed by atoms with Crippen LogP contribution in [0.1, 0.15) is 5.56 Å². The predicted octanol–water partition coefficient (Wildman–Crippen LogP) is 2.82. The highest BCUT2D eigenvalue weighted by Crippen LogP contribution is 2.35. The molecule has 2 aromatic rings. The minimum Gasteiger partial charge on any atom is -0.499 e. The molecule has 0 fully saturated rings. The van der Waals surface area contributed by atoms with Gasteiger partial charge >= 0.3 is 0 Å². The van der Waals surface area contributed by atoms with Crippen LogP contribution in [0.15, 0.2) is 23.1 Å². The van der Waals surface area contributed by atoms with E-state index in [4.69, 9.17) is 5.11 Å². The normalized spacial score (nSPS) is 11.0. The van der Waals surface area contributed by atoms with E-state index in [1.807, 2.05) is 18.4 Å². The summed E-state index contributed by atoms with van der Waals surface area (Å²) in [7, 11) is 0. The lowest BCUT2D eigenvalue weighted by Crippen LogP contribution is -1.85. The molecule has 1 aromatic carbocycles. The Morgan fingerprint density at radius 1 is 1.36 bits per heavy atom. The maximum Gasteiger partial charge on any atom is 0.172 e. The van der Waals surface area contributed by atoms with Gasteiger partial charge in [-0.2, -0.15) is 0 Å². The fourth-order valence-corrected chi connectivity index (χ4v) is 2.89. The number of rotatable bonds is 2. The van der Waals surface area contributed by atoms with Gasteiger partial charge < -0.3 is 10.2 Å². The van der Waals surface area contributed by atoms with Crippen molar-refractivity contribution in [1.82, 2.24) is 0 Å². The van der Waals surface area contributed by atoms with Gasteiger partial charge in [0.05, 0.1) is 6.61 Å². The average Bonchev–Trinajstić information content (AvgIpc) is 2.54. The van der Waals surface area contributed by atoms with E-state index < -0.39 is 0 Å². The standard InChI is InChI=1S/C10H10O2S2/c1-13-8-2-6-4-10(12)14-9(6)3-7(8)5-11/h2-4,11-12H,5H2,1H3. The zero-order valence-corrected chi connectivity index (χ0v) is 9.28. The van der Waals surface area contributed by atoms with Crippen LogP contribution in [-0.2, 0) is 6.61 Å². The molecule has 0 saturated carbocycles. The third-order valence-electron chi connectivity index (χ3n) is 2.08. The predicted molar refractivity (Wildman–Crippen MR) is 61.2 cm³/mol. The Hall–Kier alpha value is -0.710. The Kier molecular flexibility index (Phi) is 2.67. The third kappa shape index (κ3) is 1.61. The zero-order valence-electron chi connectivity index (χ0n) is 7.65. The van der Waals surface area contributed by atoms with Crippen LogP contribution in [0, 0.1) is 0 Å². The summed E-state index contributed by atoms with van der Waals surface area (Å²) in [6.07, 6.45) is 1.98. The number of hydrogen-bond donors (Lipinski definition) is 2. The molecular formula is C10H10O2S2. The fourth-order valence-electron chi connectivity index (χ4n) is 1.41. The minimum absolute atomic E-state index is 0.0464. The number of fused-ring (bicyclic) bond motifs is 1. The van der Waals surface area contributed by atoms with E-state index in [9.17, 15) is 5.11 Å². The summed E-state index contributed by atoms with van der Waals surface area (Å²) >= 11 is 2.94. The molecule has 2 rings (SSSR count). The highest BCUT2D eigenvalue weighted by Gasteiger charge is 2.06. The van der Waals surface area contributed by atoms with Crippen molar-refractivity contribution >= 4 is 33.2 Å². The van der Waals surface area contributed by atoms with Gasteiger partial charge in [-0.25, -0.2) is 0 Å². The minimum atomic E-state index is 0.0464. The lowest BCUT2D eigenvalue weighted by Gasteiger charge is -2.03. The Bertz CT molecular complexity index is 421. The maximum absolute atomic E-state index is 9.33. The maximum atomic E-state index is 9.33. The SMILES string of the molecule is CSc1cc2cc(O)sc2cc1CO. The van der Waals surface area contributed by atoms with Crippen LogP contribution in [0.25, 0.3) is 10.1 Å². The molecule has 0 amide bonds. The smallest absolute Gasteiger partial charge is 0.172 e. The van der Waals surface area contributed by atoms with Gasteiger partial charge in [-0.05, 0) is 35.4 Å². The number of aliphatic hydroxyl groups excluding tert-OH is 1. The number of hydrogen-bond acceptors (Lipinski definition) is 4. The molecule has 0 bridgehead atoms. The van der Waals surface area contributed by atoms with Gasteiger partial charge in [0.2, 0.25) is 0 Å². The first-order valence-electron chi connectivity index (χ1n) is 4.15. The molecule has 2 N–H and O–H groups in total. The molecule has 1 heterocycles. The number of aliphatic hydroxyl groups is 1. The monoisotopic (exact) mass is 226 g/mol. The Balaban J connectivity index is 2.68. The molecule has 0 radical (unpaired) electrons. The van der Waals surface area contributed by atoms with Gasteiger partial charge in [0, 0.05) is 9.60 Å². The number of benzene rings is 1. The number of thioether (sulfide) groups is 1. The molecule has 2 nitrogen and oxygen atoms in total. The summed E-state index contributed by atoms with van der Waals surface area (Å²) in [5.41, 5.74) is 0.923. The molecular weight excluding hydrogens is 216 g/mol. The first-order valence-corrected chi connectivity index (χ1v) is 6.19. The molecule has 0 aliphatic rings. The Morgan fingerprint density at radius 2 is 2.14 bits per heavy atom. The second kappa shape index (κ2) is 3.81. The molecule has 14 heavy (non-hydrogen) atoms. The number of aromatic hydroxyl groups is 1. The molecule has 0 saturated heterocycles. The molecule has 1 aromatic heterocycles. The molecule has 0 unspecified atom stereocenters. The largest absolute Gasteiger partial charge is 0.499 e. The van der Waals surface area contributed by atoms with E-state index in [-0.39, 0.29) is 6.61 Å². The molecule has 0 spiro atoms. The van der Waals surface area contributed by atoms with Gasteiger partial charge in [-0.15, -0.1) is 11.8 Å². The van der Waals surface area contributed by atoms with Crippen molar-refractivity contribution in [3.63, 3.8) is 0 Å². The summed E-state index contributed by atoms with van der Waals surface area (Å²) in [4.78, 5) is 1.07. The fraction of sp³-hybridized carbons (Fsp3) is 0.200. The lowest BCUT2D eigenvalue weighted by atomic mass is 10.2. The molecule has 4 heteroatoms. The van der Waals surface area contributed by atoms with E-state index in [0.717, 1.165) is 20.5 Å². The quantitative estimate of drug-likeness (QED) is 0.774. The summed E-state index contributed by atoms with van der Waals surface area (Å²) in [5.74, 6) is 0. The van der Waals surface area contributed by atoms with E-state index in [0.29, 0.717) is 5.06 Å². The second-order valence-corrected chi connectivity index (χ2v) is 4.85. The van der Waals surface area contributed by atoms with Crippen LogP contribution in [0.4, 0.5) is 0 Å². The van der Waals surface area contributed by atoms with Crippen LogP contribution in [0.3, 0.4) is 0 Å². The summed E-state index contributed by atoms with van der Waals surface area (Å²) in [6.45, 7) is 0.0464. The molecule has 0 atom stereocenters. The van der Waals surface area contributed by atoms with Crippen molar-refractivity contribution in [3.8, 4) is 5.06 Å². The van der Waals surface area contributed by atoms with Crippen molar-refractivity contribution in [2.24, 2.45) is 0 Å². The summed E-state index contributed by atoms with van der Waals surface area (Å²) < 4.78 is 1.02. The van der Waals surface area contributed by atoms with Crippen LogP contribution < -0.4 is 0 Å². The highest BCUT2D eigenvalue weighted by molar-refractivity contribution is 7.98. The van der Waals surface area contributed by atoms with Crippen molar-refractivity contribution in [1.29, 1.82) is 0 Å². The van der Waals surface area contributed by atoms with Gasteiger partial charge in [-0.1, -0.05) is 11.3 Å². The van der Waals surface area contributed by atoms with Crippen LogP contribution in [0.2, 0.25) is 0 Å². The van der Waals surface area contributed by atoms with Gasteiger partial charge in [0.1, 0.15) is 0 Å². The van der Waals surface area contributed by atoms with Crippen molar-refractivity contribution in [3.05, 3.63) is 23.8 Å². The van der Waals surface area contributed by atoms with Crippen LogP contribution in [-0.4, -0.2) is 16.5 Å². The van der Waals surface area contributed by atoms with Crippen molar-refractivity contribution in [2.75, 3.05) is 6.26 Å². The summed E-state index contributed by atoms with van der Waals surface area (Å²) in [5, 5.41) is 19.8. The summed E-state index contributed by atoms with van der Waals surface area (Å²) in [6, 6.07) is 5.69. The molecule has 0 aliphatic carbocycles. The van der Waals surface area contributed by atoms with Crippen LogP contribution >= 0.6 is 23.1 Å². The number of thiophene rings is 1. The second-order valence-electron chi connectivity index (χ2n) is 2.94. The first kappa shape index (κ1) is 9.83. The Morgan fingerprint density at radius 3 is 2.79 bits per heavy atom. The Labute approximate surface area is 90.2 Å². The van der Waals surface area contributed by atoms with Crippen molar-refractivity contribution in [2.45, 2.75) is 11.5 Å². The van der Waals surface area contributed by atoms with Crippen LogP contribution in [0.5, 0.6) is 5.06 Å². The average molecular weight is 226 g/mol. The first-order chi connectivity index (χ1) is 6.74. The lowest BCUT2D eigenvalue weighted by molar-refractivity contribution is 0.279. The topological polar surface area (TPSA) is 40.5 Å².